The van der Waals surface area contributed by atoms with Crippen molar-refractivity contribution in [1.82, 2.24) is 4.98 Å². The maximum absolute atomic E-state index is 12.2. The van der Waals surface area contributed by atoms with Gasteiger partial charge in [-0.2, -0.15) is 10.2 Å². The summed E-state index contributed by atoms with van der Waals surface area (Å²) in [6.07, 6.45) is 0.230. The zero-order valence-electron chi connectivity index (χ0n) is 14.0. The van der Waals surface area contributed by atoms with Crippen molar-refractivity contribution in [3.63, 3.8) is 0 Å². The van der Waals surface area contributed by atoms with Gasteiger partial charge in [0, 0.05) is 6.07 Å². The number of pyridine rings is 1. The topological polar surface area (TPSA) is 101 Å². The maximum Gasteiger partial charge on any atom is 0.235 e. The zero-order valence-corrected chi connectivity index (χ0v) is 14.0. The number of nitriles is 1. The van der Waals surface area contributed by atoms with Gasteiger partial charge in [0.05, 0.1) is 18.7 Å². The summed E-state index contributed by atoms with van der Waals surface area (Å²) < 4.78 is 5.32. The number of nitrogens with two attached hydrogens (primary N) is 1. The van der Waals surface area contributed by atoms with Crippen LogP contribution in [0.3, 0.4) is 0 Å². The third-order valence-corrected chi connectivity index (χ3v) is 3.32. The van der Waals surface area contributed by atoms with Crippen molar-refractivity contribution in [1.29, 1.82) is 5.26 Å². The summed E-state index contributed by atoms with van der Waals surface area (Å²) in [4.78, 5) is 16.4. The highest BCUT2D eigenvalue weighted by Gasteiger charge is 2.13. The Morgan fingerprint density at radius 3 is 2.54 bits per heavy atom. The molecule has 0 unspecified atom stereocenters. The summed E-state index contributed by atoms with van der Waals surface area (Å²) in [6.45, 7) is 6.11. The molecule has 0 aliphatic rings. The predicted molar refractivity (Wildman–Crippen MR) is 92.8 cm³/mol. The highest BCUT2D eigenvalue weighted by molar-refractivity contribution is 5.92. The number of benzene rings is 1. The largest absolute Gasteiger partial charge is 0.477 e. The average molecular weight is 324 g/mol. The van der Waals surface area contributed by atoms with Crippen molar-refractivity contribution in [2.75, 3.05) is 17.7 Å². The molecule has 6 nitrogen and oxygen atoms in total. The molecule has 124 valence electrons. The first-order valence-corrected chi connectivity index (χ1v) is 7.63. The second-order valence-electron chi connectivity index (χ2n) is 5.54. The molecule has 0 saturated carbocycles. The Morgan fingerprint density at radius 2 is 1.96 bits per heavy atom. The van der Waals surface area contributed by atoms with Gasteiger partial charge in [-0.05, 0) is 26.3 Å². The van der Waals surface area contributed by atoms with Gasteiger partial charge in [-0.3, -0.25) is 4.79 Å². The number of ether oxygens (including phenoxy) is 1. The number of nitrogens with one attached hydrogen (secondary N) is 1. The Bertz CT molecular complexity index is 789. The van der Waals surface area contributed by atoms with Crippen molar-refractivity contribution in [3.05, 3.63) is 46.5 Å². The van der Waals surface area contributed by atoms with E-state index in [9.17, 15) is 4.79 Å². The van der Waals surface area contributed by atoms with Crippen LogP contribution in [0.15, 0.2) is 24.3 Å². The third kappa shape index (κ3) is 4.23. The number of aromatic nitrogens is 1. The van der Waals surface area contributed by atoms with Crippen LogP contribution in [-0.4, -0.2) is 17.5 Å². The van der Waals surface area contributed by atoms with E-state index in [-0.39, 0.29) is 35.3 Å². The number of carbonyl (C=O) groups is 1. The molecule has 24 heavy (non-hydrogen) atoms. The summed E-state index contributed by atoms with van der Waals surface area (Å²) in [5.41, 5.74) is 9.37. The van der Waals surface area contributed by atoms with Crippen LogP contribution in [-0.2, 0) is 11.2 Å². The summed E-state index contributed by atoms with van der Waals surface area (Å²) in [6, 6.07) is 9.41. The molecule has 0 spiro atoms. The average Bonchev–Trinajstić information content (AvgIpc) is 2.46. The first kappa shape index (κ1) is 17.3. The molecular formula is C18H20N4O2. The Kier molecular flexibility index (Phi) is 5.38. The minimum absolute atomic E-state index is 0.127. The lowest BCUT2D eigenvalue weighted by Gasteiger charge is -2.11. The van der Waals surface area contributed by atoms with E-state index in [0.29, 0.717) is 6.61 Å². The van der Waals surface area contributed by atoms with Crippen LogP contribution >= 0.6 is 0 Å². The lowest BCUT2D eigenvalue weighted by molar-refractivity contribution is -0.115. The molecule has 0 bridgehead atoms. The standard InChI is InChI=1S/C18H20N4O2/c1-4-24-18-14(10-19)15(20)9-16(22-18)21-17(23)8-13-6-11(2)5-12(3)7-13/h5-7,9H,4,8H2,1-3H3,(H3,20,21,22,23). The molecule has 0 fully saturated rings. The van der Waals surface area contributed by atoms with Gasteiger partial charge in [0.1, 0.15) is 17.5 Å². The Labute approximate surface area is 141 Å². The molecule has 1 amide bonds. The SMILES string of the molecule is CCOc1nc(NC(=O)Cc2cc(C)cc(C)c2)cc(N)c1C#N. The minimum atomic E-state index is -0.209. The highest BCUT2D eigenvalue weighted by atomic mass is 16.5. The van der Waals surface area contributed by atoms with E-state index in [0.717, 1.165) is 16.7 Å². The number of anilines is 2. The van der Waals surface area contributed by atoms with E-state index in [1.807, 2.05) is 32.0 Å². The number of amides is 1. The molecular weight excluding hydrogens is 304 g/mol. The lowest BCUT2D eigenvalue weighted by Crippen LogP contribution is -2.16. The fourth-order valence-corrected chi connectivity index (χ4v) is 2.50. The molecule has 0 aliphatic carbocycles. The number of hydrogen-bond donors (Lipinski definition) is 2. The fourth-order valence-electron chi connectivity index (χ4n) is 2.50. The fraction of sp³-hybridized carbons (Fsp3) is 0.278. The molecule has 2 rings (SSSR count). The number of nitrogen functional groups attached to an aromatic ring is 1. The van der Waals surface area contributed by atoms with E-state index in [4.69, 9.17) is 15.7 Å². The van der Waals surface area contributed by atoms with Crippen LogP contribution in [0.2, 0.25) is 0 Å². The van der Waals surface area contributed by atoms with Gasteiger partial charge >= 0.3 is 0 Å². The first-order chi connectivity index (χ1) is 11.4. The summed E-state index contributed by atoms with van der Waals surface area (Å²) in [5, 5.41) is 11.8. The Hall–Kier alpha value is -3.07. The molecule has 0 radical (unpaired) electrons. The van der Waals surface area contributed by atoms with Crippen molar-refractivity contribution in [2.24, 2.45) is 0 Å². The molecule has 1 aromatic heterocycles. The zero-order chi connectivity index (χ0) is 17.7. The van der Waals surface area contributed by atoms with E-state index in [2.05, 4.69) is 16.4 Å². The van der Waals surface area contributed by atoms with E-state index in [1.54, 1.807) is 6.92 Å². The van der Waals surface area contributed by atoms with Crippen molar-refractivity contribution >= 4 is 17.4 Å². The second kappa shape index (κ2) is 7.47. The van der Waals surface area contributed by atoms with Gasteiger partial charge in [0.15, 0.2) is 0 Å². The number of carbonyl (C=O) groups excluding carboxylic acids is 1. The summed E-state index contributed by atoms with van der Waals surface area (Å²) >= 11 is 0. The van der Waals surface area contributed by atoms with Gasteiger partial charge in [-0.1, -0.05) is 29.3 Å². The smallest absolute Gasteiger partial charge is 0.235 e. The molecule has 1 aromatic carbocycles. The monoisotopic (exact) mass is 324 g/mol. The first-order valence-electron chi connectivity index (χ1n) is 7.63. The number of hydrogen-bond acceptors (Lipinski definition) is 5. The van der Waals surface area contributed by atoms with E-state index >= 15 is 0 Å². The van der Waals surface area contributed by atoms with Crippen molar-refractivity contribution < 1.29 is 9.53 Å². The Balaban J connectivity index is 2.18. The molecule has 0 saturated heterocycles. The third-order valence-electron chi connectivity index (χ3n) is 3.32. The summed E-state index contributed by atoms with van der Waals surface area (Å²) in [5.74, 6) is 0.185. The number of nitrogens with zero attached hydrogens (tertiary/aromatic N) is 2. The van der Waals surface area contributed by atoms with E-state index < -0.39 is 0 Å². The lowest BCUT2D eigenvalue weighted by atomic mass is 10.0. The van der Waals surface area contributed by atoms with Crippen molar-refractivity contribution in [2.45, 2.75) is 27.2 Å². The second-order valence-corrected chi connectivity index (χ2v) is 5.54. The molecule has 1 heterocycles. The van der Waals surface area contributed by atoms with Crippen LogP contribution < -0.4 is 15.8 Å². The maximum atomic E-state index is 12.2. The van der Waals surface area contributed by atoms with Gasteiger partial charge < -0.3 is 15.8 Å². The van der Waals surface area contributed by atoms with Crippen molar-refractivity contribution in [3.8, 4) is 11.9 Å². The molecule has 0 aliphatic heterocycles. The number of rotatable bonds is 5. The minimum Gasteiger partial charge on any atom is -0.477 e. The molecule has 3 N–H and O–H groups in total. The van der Waals surface area contributed by atoms with Crippen LogP contribution in [0.1, 0.15) is 29.2 Å². The number of aryl methyl sites for hydroxylation is 2. The normalized spacial score (nSPS) is 10.1. The van der Waals surface area contributed by atoms with Gasteiger partial charge in [0.2, 0.25) is 11.8 Å². The highest BCUT2D eigenvalue weighted by Crippen LogP contribution is 2.25. The van der Waals surface area contributed by atoms with Gasteiger partial charge in [-0.15, -0.1) is 0 Å². The van der Waals surface area contributed by atoms with Crippen LogP contribution in [0.25, 0.3) is 0 Å². The molecule has 0 atom stereocenters. The van der Waals surface area contributed by atoms with Crippen LogP contribution in [0, 0.1) is 25.2 Å². The summed E-state index contributed by atoms with van der Waals surface area (Å²) in [7, 11) is 0. The van der Waals surface area contributed by atoms with E-state index in [1.165, 1.54) is 6.07 Å². The predicted octanol–water partition coefficient (Wildman–Crippen LogP) is 2.73. The van der Waals surface area contributed by atoms with Crippen LogP contribution in [0.4, 0.5) is 11.5 Å². The van der Waals surface area contributed by atoms with Gasteiger partial charge in [0.25, 0.3) is 0 Å². The quantitative estimate of drug-likeness (QED) is 0.880. The Morgan fingerprint density at radius 1 is 1.29 bits per heavy atom. The van der Waals surface area contributed by atoms with Gasteiger partial charge in [-0.25, -0.2) is 0 Å². The molecule has 6 heteroatoms. The molecule has 2 aromatic rings. The van der Waals surface area contributed by atoms with Crippen LogP contribution in [0.5, 0.6) is 5.88 Å².